The third kappa shape index (κ3) is 7.88. The third-order valence-electron chi connectivity index (χ3n) is 2.22. The SMILES string of the molecule is CCCN(CCC)C(=S)NCCCOCC. The number of nitrogens with one attached hydrogen (secondary N) is 1. The summed E-state index contributed by atoms with van der Waals surface area (Å²) in [5.41, 5.74) is 0. The van der Waals surface area contributed by atoms with Crippen LogP contribution in [0.15, 0.2) is 0 Å². The molecule has 0 amide bonds. The molecule has 96 valence electrons. The Kier molecular flexibility index (Phi) is 10.9. The molecule has 4 heteroatoms. The average Bonchev–Trinajstić information content (AvgIpc) is 2.28. The van der Waals surface area contributed by atoms with E-state index in [9.17, 15) is 0 Å². The first-order valence-electron chi connectivity index (χ1n) is 6.36. The maximum absolute atomic E-state index is 5.36. The summed E-state index contributed by atoms with van der Waals surface area (Å²) in [4.78, 5) is 2.25. The first-order valence-corrected chi connectivity index (χ1v) is 6.77. The molecule has 0 saturated heterocycles. The van der Waals surface area contributed by atoms with Gasteiger partial charge in [-0.15, -0.1) is 0 Å². The minimum Gasteiger partial charge on any atom is -0.382 e. The zero-order valence-corrected chi connectivity index (χ0v) is 11.7. The van der Waals surface area contributed by atoms with Crippen LogP contribution in [0.4, 0.5) is 0 Å². The first kappa shape index (κ1) is 15.7. The molecule has 0 rings (SSSR count). The van der Waals surface area contributed by atoms with Crippen LogP contribution in [-0.2, 0) is 4.74 Å². The Morgan fingerprint density at radius 1 is 1.19 bits per heavy atom. The predicted octanol–water partition coefficient (Wildman–Crippen LogP) is 2.41. The van der Waals surface area contributed by atoms with Crippen molar-refractivity contribution in [2.45, 2.75) is 40.0 Å². The van der Waals surface area contributed by atoms with Crippen LogP contribution in [-0.4, -0.2) is 42.9 Å². The van der Waals surface area contributed by atoms with Crippen molar-refractivity contribution in [3.63, 3.8) is 0 Å². The highest BCUT2D eigenvalue weighted by molar-refractivity contribution is 7.80. The lowest BCUT2D eigenvalue weighted by Crippen LogP contribution is -2.41. The van der Waals surface area contributed by atoms with Crippen molar-refractivity contribution in [1.82, 2.24) is 10.2 Å². The van der Waals surface area contributed by atoms with Crippen LogP contribution in [0.25, 0.3) is 0 Å². The van der Waals surface area contributed by atoms with Crippen molar-refractivity contribution in [2.75, 3.05) is 32.8 Å². The van der Waals surface area contributed by atoms with E-state index in [1.165, 1.54) is 0 Å². The van der Waals surface area contributed by atoms with Crippen LogP contribution in [0.3, 0.4) is 0 Å². The molecule has 0 unspecified atom stereocenters. The Morgan fingerprint density at radius 3 is 2.31 bits per heavy atom. The molecule has 0 aromatic carbocycles. The Bertz CT molecular complexity index is 170. The fourth-order valence-corrected chi connectivity index (χ4v) is 1.77. The van der Waals surface area contributed by atoms with Gasteiger partial charge < -0.3 is 15.0 Å². The molecule has 0 aliphatic carbocycles. The van der Waals surface area contributed by atoms with E-state index in [4.69, 9.17) is 17.0 Å². The number of ether oxygens (including phenoxy) is 1. The van der Waals surface area contributed by atoms with Crippen LogP contribution in [0.5, 0.6) is 0 Å². The van der Waals surface area contributed by atoms with E-state index in [0.717, 1.165) is 57.2 Å². The summed E-state index contributed by atoms with van der Waals surface area (Å²) in [5.74, 6) is 0. The van der Waals surface area contributed by atoms with Crippen LogP contribution in [0.2, 0.25) is 0 Å². The van der Waals surface area contributed by atoms with Gasteiger partial charge in [0, 0.05) is 32.8 Å². The molecule has 3 nitrogen and oxygen atoms in total. The topological polar surface area (TPSA) is 24.5 Å². The Balaban J connectivity index is 3.65. The van der Waals surface area contributed by atoms with E-state index in [1.54, 1.807) is 0 Å². The van der Waals surface area contributed by atoms with E-state index < -0.39 is 0 Å². The molecule has 0 aliphatic rings. The van der Waals surface area contributed by atoms with E-state index in [2.05, 4.69) is 24.1 Å². The third-order valence-corrected chi connectivity index (χ3v) is 2.62. The van der Waals surface area contributed by atoms with Crippen molar-refractivity contribution in [3.05, 3.63) is 0 Å². The second kappa shape index (κ2) is 11.1. The van der Waals surface area contributed by atoms with Gasteiger partial charge in [-0.2, -0.15) is 0 Å². The van der Waals surface area contributed by atoms with Crippen molar-refractivity contribution in [3.8, 4) is 0 Å². The van der Waals surface area contributed by atoms with Gasteiger partial charge in [0.15, 0.2) is 5.11 Å². The molecule has 0 heterocycles. The van der Waals surface area contributed by atoms with Crippen molar-refractivity contribution >= 4 is 17.3 Å². The average molecular weight is 246 g/mol. The summed E-state index contributed by atoms with van der Waals surface area (Å²) in [6, 6.07) is 0. The summed E-state index contributed by atoms with van der Waals surface area (Å²) in [5, 5.41) is 4.18. The Morgan fingerprint density at radius 2 is 1.81 bits per heavy atom. The summed E-state index contributed by atoms with van der Waals surface area (Å²) < 4.78 is 5.27. The molecule has 0 spiro atoms. The minimum atomic E-state index is 0.794. The monoisotopic (exact) mass is 246 g/mol. The summed E-state index contributed by atoms with van der Waals surface area (Å²) in [6.45, 7) is 11.0. The molecule has 0 atom stereocenters. The van der Waals surface area contributed by atoms with Crippen molar-refractivity contribution in [2.24, 2.45) is 0 Å². The molecule has 0 aromatic heterocycles. The zero-order chi connectivity index (χ0) is 12.2. The van der Waals surface area contributed by atoms with Gasteiger partial charge in [0.1, 0.15) is 0 Å². The van der Waals surface area contributed by atoms with E-state index in [1.807, 2.05) is 6.92 Å². The molecular formula is C12H26N2OS. The van der Waals surface area contributed by atoms with E-state index >= 15 is 0 Å². The van der Waals surface area contributed by atoms with Crippen molar-refractivity contribution < 1.29 is 4.74 Å². The van der Waals surface area contributed by atoms with Gasteiger partial charge in [0.2, 0.25) is 0 Å². The minimum absolute atomic E-state index is 0.794. The molecule has 0 bridgehead atoms. The fourth-order valence-electron chi connectivity index (χ4n) is 1.48. The van der Waals surface area contributed by atoms with Gasteiger partial charge in [-0.25, -0.2) is 0 Å². The first-order chi connectivity index (χ1) is 7.76. The van der Waals surface area contributed by atoms with Gasteiger partial charge in [0.25, 0.3) is 0 Å². The number of thiocarbonyl (C=S) groups is 1. The number of nitrogens with zero attached hydrogens (tertiary/aromatic N) is 1. The Labute approximate surface area is 106 Å². The quantitative estimate of drug-likeness (QED) is 0.499. The normalized spacial score (nSPS) is 10.2. The van der Waals surface area contributed by atoms with E-state index in [-0.39, 0.29) is 0 Å². The van der Waals surface area contributed by atoms with Crippen LogP contribution in [0, 0.1) is 0 Å². The van der Waals surface area contributed by atoms with Gasteiger partial charge in [0.05, 0.1) is 0 Å². The number of hydrogen-bond donors (Lipinski definition) is 1. The summed E-state index contributed by atoms with van der Waals surface area (Å²) >= 11 is 5.36. The van der Waals surface area contributed by atoms with Gasteiger partial charge in [-0.1, -0.05) is 13.8 Å². The van der Waals surface area contributed by atoms with Crippen LogP contribution < -0.4 is 5.32 Å². The predicted molar refractivity (Wildman–Crippen MR) is 73.9 cm³/mol. The Hall–Kier alpha value is -0.350. The zero-order valence-electron chi connectivity index (χ0n) is 10.9. The molecule has 0 aliphatic heterocycles. The number of hydrogen-bond acceptors (Lipinski definition) is 2. The van der Waals surface area contributed by atoms with Gasteiger partial charge in [-0.05, 0) is 38.4 Å². The maximum Gasteiger partial charge on any atom is 0.168 e. The van der Waals surface area contributed by atoms with Gasteiger partial charge in [-0.3, -0.25) is 0 Å². The van der Waals surface area contributed by atoms with Crippen molar-refractivity contribution in [1.29, 1.82) is 0 Å². The van der Waals surface area contributed by atoms with Crippen LogP contribution >= 0.6 is 12.2 Å². The highest BCUT2D eigenvalue weighted by Gasteiger charge is 2.05. The molecule has 0 fully saturated rings. The second-order valence-corrected chi connectivity index (χ2v) is 4.16. The largest absolute Gasteiger partial charge is 0.382 e. The lowest BCUT2D eigenvalue weighted by Gasteiger charge is -2.24. The highest BCUT2D eigenvalue weighted by atomic mass is 32.1. The molecular weight excluding hydrogens is 220 g/mol. The molecule has 1 N–H and O–H groups in total. The second-order valence-electron chi connectivity index (χ2n) is 3.77. The summed E-state index contributed by atoms with van der Waals surface area (Å²) in [6.07, 6.45) is 3.29. The van der Waals surface area contributed by atoms with Crippen LogP contribution in [0.1, 0.15) is 40.0 Å². The smallest absolute Gasteiger partial charge is 0.168 e. The number of rotatable bonds is 9. The lowest BCUT2D eigenvalue weighted by molar-refractivity contribution is 0.145. The molecule has 0 saturated carbocycles. The molecule has 16 heavy (non-hydrogen) atoms. The fraction of sp³-hybridized carbons (Fsp3) is 0.917. The van der Waals surface area contributed by atoms with Gasteiger partial charge >= 0.3 is 0 Å². The van der Waals surface area contributed by atoms with E-state index in [0.29, 0.717) is 0 Å². The lowest BCUT2D eigenvalue weighted by atomic mass is 10.4. The summed E-state index contributed by atoms with van der Waals surface area (Å²) in [7, 11) is 0. The highest BCUT2D eigenvalue weighted by Crippen LogP contribution is 1.95. The molecule has 0 radical (unpaired) electrons. The molecule has 0 aromatic rings. The maximum atomic E-state index is 5.36. The standard InChI is InChI=1S/C12H26N2OS/c1-4-9-14(10-5-2)12(16)13-8-7-11-15-6-3/h4-11H2,1-3H3,(H,13,16).